The van der Waals surface area contributed by atoms with Gasteiger partial charge in [-0.1, -0.05) is 0 Å². The van der Waals surface area contributed by atoms with Crippen LogP contribution in [0.4, 0.5) is 6.01 Å². The lowest BCUT2D eigenvalue weighted by molar-refractivity contribution is 0.0690. The molecule has 0 saturated heterocycles. The first-order valence-corrected chi connectivity index (χ1v) is 4.73. The zero-order valence-electron chi connectivity index (χ0n) is 8.93. The number of oxazole rings is 1. The van der Waals surface area contributed by atoms with Gasteiger partial charge in [-0.2, -0.15) is 4.98 Å². The molecule has 0 spiro atoms. The van der Waals surface area contributed by atoms with Crippen LogP contribution in [0, 0.1) is 0 Å². The third kappa shape index (κ3) is 4.28. The first kappa shape index (κ1) is 12.5. The molecule has 1 rings (SSSR count). The maximum absolute atomic E-state index is 10.5. The summed E-state index contributed by atoms with van der Waals surface area (Å²) in [6.45, 7) is 2.02. The van der Waals surface area contributed by atoms with Crippen LogP contribution in [0.3, 0.4) is 0 Å². The molecule has 0 aliphatic carbocycles. The van der Waals surface area contributed by atoms with Gasteiger partial charge in [0.15, 0.2) is 5.69 Å². The molecule has 1 aromatic heterocycles. The summed E-state index contributed by atoms with van der Waals surface area (Å²) < 4.78 is 14.8. The van der Waals surface area contributed by atoms with Gasteiger partial charge in [0.25, 0.3) is 6.01 Å². The third-order valence-corrected chi connectivity index (χ3v) is 1.68. The summed E-state index contributed by atoms with van der Waals surface area (Å²) in [7, 11) is 1.60. The minimum Gasteiger partial charge on any atom is -0.476 e. The molecule has 0 saturated carbocycles. The lowest BCUT2D eigenvalue weighted by Crippen LogP contribution is -2.12. The first-order valence-electron chi connectivity index (χ1n) is 4.73. The first-order chi connectivity index (χ1) is 7.74. The summed E-state index contributed by atoms with van der Waals surface area (Å²) in [5.41, 5.74) is -0.122. The monoisotopic (exact) mass is 230 g/mol. The maximum atomic E-state index is 10.5. The van der Waals surface area contributed by atoms with Gasteiger partial charge in [-0.05, 0) is 0 Å². The number of carboxylic acids is 1. The van der Waals surface area contributed by atoms with Crippen molar-refractivity contribution in [1.82, 2.24) is 4.98 Å². The van der Waals surface area contributed by atoms with E-state index in [4.69, 9.17) is 19.0 Å². The number of ether oxygens (including phenoxy) is 2. The highest BCUT2D eigenvalue weighted by atomic mass is 16.5. The van der Waals surface area contributed by atoms with Crippen LogP contribution in [-0.2, 0) is 9.47 Å². The van der Waals surface area contributed by atoms with E-state index in [0.29, 0.717) is 26.4 Å². The van der Waals surface area contributed by atoms with E-state index in [2.05, 4.69) is 10.3 Å². The molecule has 0 fully saturated rings. The molecule has 2 N–H and O–H groups in total. The van der Waals surface area contributed by atoms with E-state index >= 15 is 0 Å². The molecule has 0 aliphatic heterocycles. The summed E-state index contributed by atoms with van der Waals surface area (Å²) in [6, 6.07) is 0.174. The zero-order valence-corrected chi connectivity index (χ0v) is 8.93. The van der Waals surface area contributed by atoms with Crippen molar-refractivity contribution in [2.75, 3.05) is 38.8 Å². The summed E-state index contributed by atoms with van der Waals surface area (Å²) in [4.78, 5) is 14.2. The van der Waals surface area contributed by atoms with Gasteiger partial charge in [0.05, 0.1) is 19.8 Å². The maximum Gasteiger partial charge on any atom is 0.357 e. The van der Waals surface area contributed by atoms with E-state index < -0.39 is 5.97 Å². The lowest BCUT2D eigenvalue weighted by Gasteiger charge is -2.03. The van der Waals surface area contributed by atoms with Crippen molar-refractivity contribution in [2.45, 2.75) is 0 Å². The smallest absolute Gasteiger partial charge is 0.357 e. The topological polar surface area (TPSA) is 93.8 Å². The van der Waals surface area contributed by atoms with Crippen molar-refractivity contribution >= 4 is 12.0 Å². The molecule has 0 atom stereocenters. The standard InChI is InChI=1S/C9H14N2O5/c1-14-4-5-15-3-2-10-9-11-7(6-16-9)8(12)13/h6H,2-5H2,1H3,(H,10,11)(H,12,13). The number of methoxy groups -OCH3 is 1. The average molecular weight is 230 g/mol. The fourth-order valence-corrected chi connectivity index (χ4v) is 0.928. The highest BCUT2D eigenvalue weighted by Crippen LogP contribution is 2.06. The second-order valence-corrected chi connectivity index (χ2v) is 2.87. The summed E-state index contributed by atoms with van der Waals surface area (Å²) in [6.07, 6.45) is 1.08. The molecule has 7 heteroatoms. The van der Waals surface area contributed by atoms with Gasteiger partial charge in [-0.25, -0.2) is 4.79 Å². The van der Waals surface area contributed by atoms with Gasteiger partial charge in [-0.15, -0.1) is 0 Å². The molecule has 1 heterocycles. The van der Waals surface area contributed by atoms with Gasteiger partial charge in [0, 0.05) is 13.7 Å². The molecular formula is C9H14N2O5. The zero-order chi connectivity index (χ0) is 11.8. The molecule has 0 amide bonds. The van der Waals surface area contributed by atoms with E-state index in [1.807, 2.05) is 0 Å². The van der Waals surface area contributed by atoms with Gasteiger partial charge in [0.1, 0.15) is 6.26 Å². The number of nitrogens with one attached hydrogen (secondary N) is 1. The molecule has 0 bridgehead atoms. The van der Waals surface area contributed by atoms with Gasteiger partial charge in [0.2, 0.25) is 0 Å². The molecular weight excluding hydrogens is 216 g/mol. The highest BCUT2D eigenvalue weighted by molar-refractivity contribution is 5.85. The fourth-order valence-electron chi connectivity index (χ4n) is 0.928. The van der Waals surface area contributed by atoms with Crippen molar-refractivity contribution < 1.29 is 23.8 Å². The number of aromatic nitrogens is 1. The average Bonchev–Trinajstić information content (AvgIpc) is 2.72. The van der Waals surface area contributed by atoms with Gasteiger partial charge < -0.3 is 24.3 Å². The number of aromatic carboxylic acids is 1. The van der Waals surface area contributed by atoms with Crippen LogP contribution >= 0.6 is 0 Å². The molecule has 16 heavy (non-hydrogen) atoms. The Balaban J connectivity index is 2.14. The molecule has 0 radical (unpaired) electrons. The lowest BCUT2D eigenvalue weighted by atomic mass is 10.5. The molecule has 90 valence electrons. The summed E-state index contributed by atoms with van der Waals surface area (Å²) in [5, 5.41) is 11.4. The normalized spacial score (nSPS) is 10.3. The van der Waals surface area contributed by atoms with Crippen molar-refractivity contribution in [1.29, 1.82) is 0 Å². The summed E-state index contributed by atoms with van der Waals surface area (Å²) in [5.74, 6) is -1.12. The van der Waals surface area contributed by atoms with E-state index in [1.54, 1.807) is 7.11 Å². The van der Waals surface area contributed by atoms with E-state index in [9.17, 15) is 4.79 Å². The van der Waals surface area contributed by atoms with E-state index in [1.165, 1.54) is 0 Å². The van der Waals surface area contributed by atoms with Crippen LogP contribution in [0.5, 0.6) is 0 Å². The molecule has 7 nitrogen and oxygen atoms in total. The van der Waals surface area contributed by atoms with Crippen LogP contribution in [0.1, 0.15) is 10.5 Å². The number of rotatable bonds is 8. The fraction of sp³-hybridized carbons (Fsp3) is 0.556. The Bertz CT molecular complexity index is 325. The Hall–Kier alpha value is -1.60. The van der Waals surface area contributed by atoms with Crippen LogP contribution in [0.2, 0.25) is 0 Å². The molecule has 1 aromatic rings. The molecule has 0 unspecified atom stereocenters. The van der Waals surface area contributed by atoms with E-state index in [-0.39, 0.29) is 11.7 Å². The Morgan fingerprint density at radius 3 is 3.00 bits per heavy atom. The minimum atomic E-state index is -1.12. The number of carbonyl (C=O) groups is 1. The Morgan fingerprint density at radius 1 is 1.56 bits per heavy atom. The largest absolute Gasteiger partial charge is 0.476 e. The number of nitrogens with zero attached hydrogens (tertiary/aromatic N) is 1. The number of carboxylic acid groups (broad SMARTS) is 1. The van der Waals surface area contributed by atoms with E-state index in [0.717, 1.165) is 6.26 Å². The molecule has 0 aromatic carbocycles. The Labute approximate surface area is 92.4 Å². The summed E-state index contributed by atoms with van der Waals surface area (Å²) >= 11 is 0. The predicted octanol–water partition coefficient (Wildman–Crippen LogP) is 0.448. The van der Waals surface area contributed by atoms with Gasteiger partial charge >= 0.3 is 5.97 Å². The minimum absolute atomic E-state index is 0.122. The second-order valence-electron chi connectivity index (χ2n) is 2.87. The highest BCUT2D eigenvalue weighted by Gasteiger charge is 2.09. The quantitative estimate of drug-likeness (QED) is 0.626. The second kappa shape index (κ2) is 6.81. The Kier molecular flexibility index (Phi) is 5.30. The van der Waals surface area contributed by atoms with Crippen LogP contribution < -0.4 is 5.32 Å². The Morgan fingerprint density at radius 2 is 2.38 bits per heavy atom. The van der Waals surface area contributed by atoms with Gasteiger partial charge in [-0.3, -0.25) is 0 Å². The van der Waals surface area contributed by atoms with Crippen molar-refractivity contribution in [3.8, 4) is 0 Å². The number of hydrogen-bond acceptors (Lipinski definition) is 6. The third-order valence-electron chi connectivity index (χ3n) is 1.68. The van der Waals surface area contributed by atoms with Crippen molar-refractivity contribution in [2.24, 2.45) is 0 Å². The van der Waals surface area contributed by atoms with Crippen LogP contribution in [0.15, 0.2) is 10.7 Å². The van der Waals surface area contributed by atoms with Crippen molar-refractivity contribution in [3.63, 3.8) is 0 Å². The predicted molar refractivity (Wildman–Crippen MR) is 54.6 cm³/mol. The number of hydrogen-bond donors (Lipinski definition) is 2. The SMILES string of the molecule is COCCOCCNc1nc(C(=O)O)co1. The number of anilines is 1. The molecule has 0 aliphatic rings. The van der Waals surface area contributed by atoms with Crippen LogP contribution in [0.25, 0.3) is 0 Å². The van der Waals surface area contributed by atoms with Crippen LogP contribution in [-0.4, -0.2) is 49.5 Å². The van der Waals surface area contributed by atoms with Crippen molar-refractivity contribution in [3.05, 3.63) is 12.0 Å².